The van der Waals surface area contributed by atoms with Crippen LogP contribution in [0.2, 0.25) is 0 Å². The van der Waals surface area contributed by atoms with E-state index < -0.39 is 0 Å². The summed E-state index contributed by atoms with van der Waals surface area (Å²) in [4.78, 5) is 17.3. The maximum absolute atomic E-state index is 12.9. The van der Waals surface area contributed by atoms with E-state index in [-0.39, 0.29) is 5.91 Å². The molecule has 7 nitrogen and oxygen atoms in total. The normalized spacial score (nSPS) is 11.0. The lowest BCUT2D eigenvalue weighted by molar-refractivity contribution is 0.0952. The van der Waals surface area contributed by atoms with Gasteiger partial charge in [-0.2, -0.15) is 5.10 Å². The van der Waals surface area contributed by atoms with Gasteiger partial charge < -0.3 is 14.8 Å². The molecule has 0 spiro atoms. The molecule has 4 aromatic rings. The largest absolute Gasteiger partial charge is 0.497 e. The van der Waals surface area contributed by atoms with E-state index in [0.717, 1.165) is 16.8 Å². The predicted octanol–water partition coefficient (Wildman–Crippen LogP) is 4.47. The predicted molar refractivity (Wildman–Crippen MR) is 123 cm³/mol. The van der Waals surface area contributed by atoms with E-state index in [1.54, 1.807) is 37.2 Å². The summed E-state index contributed by atoms with van der Waals surface area (Å²) in [5.41, 5.74) is 4.93. The highest BCUT2D eigenvalue weighted by molar-refractivity contribution is 5.99. The van der Waals surface area contributed by atoms with Gasteiger partial charge in [0.15, 0.2) is 5.65 Å². The topological polar surface area (TPSA) is 77.8 Å². The van der Waals surface area contributed by atoms with Crippen molar-refractivity contribution in [1.82, 2.24) is 19.9 Å². The Morgan fingerprint density at radius 2 is 1.84 bits per heavy atom. The second kappa shape index (κ2) is 9.09. The van der Waals surface area contributed by atoms with Crippen LogP contribution in [0.15, 0.2) is 60.9 Å². The highest BCUT2D eigenvalue weighted by Gasteiger charge is 2.17. The SMILES string of the molecule is COc1ccc(CNC(=O)c2cnn3c(-c4ccc(C(C)C)cc4)ccnc23)c(OC)c1. The molecule has 0 atom stereocenters. The van der Waals surface area contributed by atoms with Crippen molar-refractivity contribution in [2.75, 3.05) is 14.2 Å². The summed E-state index contributed by atoms with van der Waals surface area (Å²) in [6.07, 6.45) is 3.25. The van der Waals surface area contributed by atoms with E-state index in [4.69, 9.17) is 9.47 Å². The van der Waals surface area contributed by atoms with Crippen LogP contribution in [-0.4, -0.2) is 34.7 Å². The number of nitrogens with zero attached hydrogens (tertiary/aromatic N) is 3. The number of amides is 1. The van der Waals surface area contributed by atoms with Crippen molar-refractivity contribution >= 4 is 11.6 Å². The van der Waals surface area contributed by atoms with Crippen LogP contribution in [0.4, 0.5) is 0 Å². The number of nitrogens with one attached hydrogen (secondary N) is 1. The lowest BCUT2D eigenvalue weighted by Crippen LogP contribution is -2.23. The molecule has 0 aliphatic carbocycles. The molecule has 0 radical (unpaired) electrons. The third-order valence-electron chi connectivity index (χ3n) is 5.45. The van der Waals surface area contributed by atoms with Gasteiger partial charge in [0.1, 0.15) is 17.1 Å². The monoisotopic (exact) mass is 430 g/mol. The van der Waals surface area contributed by atoms with E-state index in [0.29, 0.717) is 35.2 Å². The number of ether oxygens (including phenoxy) is 2. The van der Waals surface area contributed by atoms with Gasteiger partial charge in [0.25, 0.3) is 5.91 Å². The van der Waals surface area contributed by atoms with E-state index in [9.17, 15) is 4.79 Å². The Labute approximate surface area is 187 Å². The lowest BCUT2D eigenvalue weighted by Gasteiger charge is -2.11. The van der Waals surface area contributed by atoms with Crippen LogP contribution in [0.1, 0.15) is 41.3 Å². The molecule has 0 saturated carbocycles. The van der Waals surface area contributed by atoms with Crippen LogP contribution >= 0.6 is 0 Å². The third-order valence-corrected chi connectivity index (χ3v) is 5.45. The molecule has 164 valence electrons. The van der Waals surface area contributed by atoms with Crippen LogP contribution in [0.25, 0.3) is 16.9 Å². The fourth-order valence-corrected chi connectivity index (χ4v) is 3.58. The van der Waals surface area contributed by atoms with Crippen LogP contribution < -0.4 is 14.8 Å². The van der Waals surface area contributed by atoms with Gasteiger partial charge in [0.05, 0.1) is 26.1 Å². The van der Waals surface area contributed by atoms with E-state index in [2.05, 4.69) is 53.5 Å². The van der Waals surface area contributed by atoms with Crippen molar-refractivity contribution < 1.29 is 14.3 Å². The number of carbonyl (C=O) groups is 1. The molecule has 2 aromatic carbocycles. The van der Waals surface area contributed by atoms with Crippen molar-refractivity contribution in [3.05, 3.63) is 77.6 Å². The fourth-order valence-electron chi connectivity index (χ4n) is 3.58. The molecular weight excluding hydrogens is 404 g/mol. The maximum atomic E-state index is 12.9. The molecule has 2 heterocycles. The molecule has 1 amide bonds. The van der Waals surface area contributed by atoms with Crippen LogP contribution in [0.3, 0.4) is 0 Å². The van der Waals surface area contributed by atoms with Crippen molar-refractivity contribution in [3.63, 3.8) is 0 Å². The van der Waals surface area contributed by atoms with Crippen LogP contribution in [0.5, 0.6) is 11.5 Å². The highest BCUT2D eigenvalue weighted by Crippen LogP contribution is 2.25. The smallest absolute Gasteiger partial charge is 0.257 e. The van der Waals surface area contributed by atoms with Gasteiger partial charge in [-0.15, -0.1) is 0 Å². The zero-order chi connectivity index (χ0) is 22.7. The minimum atomic E-state index is -0.252. The number of hydrogen-bond donors (Lipinski definition) is 1. The van der Waals surface area contributed by atoms with Gasteiger partial charge in [0, 0.05) is 29.9 Å². The molecule has 32 heavy (non-hydrogen) atoms. The molecule has 2 aromatic heterocycles. The number of rotatable bonds is 7. The van der Waals surface area contributed by atoms with Gasteiger partial charge in [-0.1, -0.05) is 38.1 Å². The third kappa shape index (κ3) is 4.14. The molecular formula is C25H26N4O3. The molecule has 0 saturated heterocycles. The van der Waals surface area contributed by atoms with Gasteiger partial charge in [0.2, 0.25) is 0 Å². The van der Waals surface area contributed by atoms with Gasteiger partial charge >= 0.3 is 0 Å². The van der Waals surface area contributed by atoms with Gasteiger partial charge in [-0.3, -0.25) is 4.79 Å². The summed E-state index contributed by atoms with van der Waals surface area (Å²) in [7, 11) is 3.19. The molecule has 0 aliphatic heterocycles. The van der Waals surface area contributed by atoms with Gasteiger partial charge in [-0.25, -0.2) is 9.50 Å². The van der Waals surface area contributed by atoms with Crippen molar-refractivity contribution in [2.24, 2.45) is 0 Å². The highest BCUT2D eigenvalue weighted by atomic mass is 16.5. The Morgan fingerprint density at radius 1 is 1.06 bits per heavy atom. The number of hydrogen-bond acceptors (Lipinski definition) is 5. The molecule has 0 bridgehead atoms. The van der Waals surface area contributed by atoms with E-state index in [1.807, 2.05) is 18.2 Å². The number of benzene rings is 2. The summed E-state index contributed by atoms with van der Waals surface area (Å²) < 4.78 is 12.3. The Kier molecular flexibility index (Phi) is 6.07. The van der Waals surface area contributed by atoms with Crippen molar-refractivity contribution in [2.45, 2.75) is 26.3 Å². The van der Waals surface area contributed by atoms with Crippen LogP contribution in [0, 0.1) is 0 Å². The quantitative estimate of drug-likeness (QED) is 0.468. The zero-order valence-corrected chi connectivity index (χ0v) is 18.6. The van der Waals surface area contributed by atoms with Gasteiger partial charge in [-0.05, 0) is 29.7 Å². The molecule has 4 rings (SSSR count). The standard InChI is InChI=1S/C25H26N4O3/c1-16(2)17-5-7-18(8-6-17)22-11-12-26-24-21(15-28-29(22)24)25(30)27-14-19-9-10-20(31-3)13-23(19)32-4/h5-13,15-16H,14H2,1-4H3,(H,27,30). The summed E-state index contributed by atoms with van der Waals surface area (Å²) in [5, 5.41) is 7.37. The van der Waals surface area contributed by atoms with E-state index >= 15 is 0 Å². The summed E-state index contributed by atoms with van der Waals surface area (Å²) in [6.45, 7) is 4.64. The number of aromatic nitrogens is 3. The first kappa shape index (κ1) is 21.4. The average Bonchev–Trinajstić information content (AvgIpc) is 3.27. The minimum Gasteiger partial charge on any atom is -0.497 e. The number of methoxy groups -OCH3 is 2. The Balaban J connectivity index is 1.58. The fraction of sp³-hybridized carbons (Fsp3) is 0.240. The van der Waals surface area contributed by atoms with Crippen molar-refractivity contribution in [3.8, 4) is 22.8 Å². The molecule has 0 aliphatic rings. The second-order valence-electron chi connectivity index (χ2n) is 7.76. The Morgan fingerprint density at radius 3 is 2.53 bits per heavy atom. The zero-order valence-electron chi connectivity index (χ0n) is 18.6. The summed E-state index contributed by atoms with van der Waals surface area (Å²) in [6, 6.07) is 15.8. The molecule has 0 fully saturated rings. The van der Waals surface area contributed by atoms with E-state index in [1.165, 1.54) is 5.56 Å². The molecule has 7 heteroatoms. The Hall–Kier alpha value is -3.87. The summed E-state index contributed by atoms with van der Waals surface area (Å²) in [5.74, 6) is 1.55. The number of fused-ring (bicyclic) bond motifs is 1. The molecule has 1 N–H and O–H groups in total. The van der Waals surface area contributed by atoms with Crippen molar-refractivity contribution in [1.29, 1.82) is 0 Å². The average molecular weight is 431 g/mol. The first-order valence-corrected chi connectivity index (χ1v) is 10.4. The lowest BCUT2D eigenvalue weighted by atomic mass is 10.0. The summed E-state index contributed by atoms with van der Waals surface area (Å²) >= 11 is 0. The second-order valence-corrected chi connectivity index (χ2v) is 7.76. The van der Waals surface area contributed by atoms with Crippen LogP contribution in [-0.2, 0) is 6.54 Å². The number of carbonyl (C=O) groups excluding carboxylic acids is 1. The first-order chi connectivity index (χ1) is 15.5. The molecule has 0 unspecified atom stereocenters. The minimum absolute atomic E-state index is 0.252. The Bertz CT molecular complexity index is 1250. The maximum Gasteiger partial charge on any atom is 0.257 e. The first-order valence-electron chi connectivity index (χ1n) is 10.4.